The number of likely N-dealkylation sites (tertiary alicyclic amines) is 1. The Labute approximate surface area is 175 Å². The van der Waals surface area contributed by atoms with E-state index in [4.69, 9.17) is 9.40 Å². The van der Waals surface area contributed by atoms with E-state index in [2.05, 4.69) is 44.1 Å². The number of aliphatic imine (C=N–C) groups is 1. The lowest BCUT2D eigenvalue weighted by Crippen LogP contribution is -2.42. The summed E-state index contributed by atoms with van der Waals surface area (Å²) in [6.45, 7) is 3.61. The monoisotopic (exact) mass is 409 g/mol. The van der Waals surface area contributed by atoms with Crippen LogP contribution in [0.25, 0.3) is 10.6 Å². The minimum atomic E-state index is 0.218. The molecule has 29 heavy (non-hydrogen) atoms. The highest BCUT2D eigenvalue weighted by molar-refractivity contribution is 7.13. The van der Waals surface area contributed by atoms with Crippen molar-refractivity contribution in [2.45, 2.75) is 25.4 Å². The Balaban J connectivity index is 1.33. The molecule has 0 amide bonds. The summed E-state index contributed by atoms with van der Waals surface area (Å²) in [7, 11) is 1.80. The van der Waals surface area contributed by atoms with E-state index in [9.17, 15) is 0 Å². The third-order valence-electron chi connectivity index (χ3n) is 5.15. The number of rotatable bonds is 7. The zero-order valence-corrected chi connectivity index (χ0v) is 17.5. The van der Waals surface area contributed by atoms with E-state index in [1.807, 2.05) is 24.3 Å². The Morgan fingerprint density at radius 3 is 2.72 bits per heavy atom. The van der Waals surface area contributed by atoms with E-state index in [0.29, 0.717) is 6.54 Å². The van der Waals surface area contributed by atoms with Gasteiger partial charge in [-0.05, 0) is 38.1 Å². The minimum Gasteiger partial charge on any atom is -0.468 e. The van der Waals surface area contributed by atoms with Crippen LogP contribution in [0.3, 0.4) is 0 Å². The molecule has 0 spiro atoms. The molecule has 3 heterocycles. The van der Waals surface area contributed by atoms with Crippen LogP contribution in [0.15, 0.2) is 63.5 Å². The van der Waals surface area contributed by atoms with E-state index in [1.165, 1.54) is 12.8 Å². The molecule has 1 fully saturated rings. The fraction of sp³-hybridized carbons (Fsp3) is 0.364. The normalized spacial score (nSPS) is 16.1. The van der Waals surface area contributed by atoms with Crippen LogP contribution in [0.2, 0.25) is 0 Å². The molecule has 1 atom stereocenters. The average Bonchev–Trinajstić information content (AvgIpc) is 3.54. The summed E-state index contributed by atoms with van der Waals surface area (Å²) in [5.74, 6) is 1.77. The zero-order chi connectivity index (χ0) is 19.9. The van der Waals surface area contributed by atoms with Crippen LogP contribution in [-0.2, 0) is 6.54 Å². The van der Waals surface area contributed by atoms with Crippen molar-refractivity contribution in [3.8, 4) is 10.6 Å². The first-order valence-electron chi connectivity index (χ1n) is 10.1. The van der Waals surface area contributed by atoms with Crippen molar-refractivity contribution in [2.75, 3.05) is 26.7 Å². The van der Waals surface area contributed by atoms with E-state index in [0.717, 1.165) is 47.6 Å². The van der Waals surface area contributed by atoms with E-state index in [1.54, 1.807) is 24.6 Å². The second kappa shape index (κ2) is 9.71. The molecule has 4 rings (SSSR count). The van der Waals surface area contributed by atoms with Gasteiger partial charge in [-0.25, -0.2) is 4.98 Å². The molecule has 2 aromatic heterocycles. The summed E-state index contributed by atoms with van der Waals surface area (Å²) in [4.78, 5) is 11.6. The lowest BCUT2D eigenvalue weighted by molar-refractivity contribution is 0.215. The molecule has 3 aromatic rings. The summed E-state index contributed by atoms with van der Waals surface area (Å²) < 4.78 is 5.70. The minimum absolute atomic E-state index is 0.218. The second-order valence-corrected chi connectivity index (χ2v) is 7.95. The fourth-order valence-electron chi connectivity index (χ4n) is 3.63. The molecule has 1 unspecified atom stereocenters. The SMILES string of the molecule is CN=C(NCc1csc(-c2ccccc2)n1)NCC(c1ccco1)N1CCCC1. The summed E-state index contributed by atoms with van der Waals surface area (Å²) in [5.41, 5.74) is 2.16. The second-order valence-electron chi connectivity index (χ2n) is 7.09. The molecule has 152 valence electrons. The van der Waals surface area contributed by atoms with Crippen LogP contribution < -0.4 is 10.6 Å². The van der Waals surface area contributed by atoms with Crippen molar-refractivity contribution in [3.05, 3.63) is 65.6 Å². The molecule has 2 N–H and O–H groups in total. The maximum absolute atomic E-state index is 5.70. The number of nitrogens with one attached hydrogen (secondary N) is 2. The van der Waals surface area contributed by atoms with E-state index >= 15 is 0 Å². The van der Waals surface area contributed by atoms with Gasteiger partial charge in [0.05, 0.1) is 24.5 Å². The summed E-state index contributed by atoms with van der Waals surface area (Å²) in [6, 6.07) is 14.5. The number of hydrogen-bond acceptors (Lipinski definition) is 5. The molecule has 1 saturated heterocycles. The zero-order valence-electron chi connectivity index (χ0n) is 16.7. The number of thiazole rings is 1. The third kappa shape index (κ3) is 5.05. The maximum Gasteiger partial charge on any atom is 0.191 e. The highest BCUT2D eigenvalue weighted by Crippen LogP contribution is 2.25. The van der Waals surface area contributed by atoms with E-state index < -0.39 is 0 Å². The standard InChI is InChI=1S/C22H27N5OS/c1-23-22(24-14-18-16-29-21(26-18)17-8-3-2-4-9-17)25-15-19(20-10-7-13-28-20)27-11-5-6-12-27/h2-4,7-10,13,16,19H,5-6,11-12,14-15H2,1H3,(H2,23,24,25). The molecular weight excluding hydrogens is 382 g/mol. The number of benzene rings is 1. The fourth-order valence-corrected chi connectivity index (χ4v) is 4.46. The van der Waals surface area contributed by atoms with Crippen molar-refractivity contribution in [2.24, 2.45) is 4.99 Å². The molecule has 1 aromatic carbocycles. The lowest BCUT2D eigenvalue weighted by Gasteiger charge is -2.26. The Morgan fingerprint density at radius 2 is 2.00 bits per heavy atom. The lowest BCUT2D eigenvalue weighted by atomic mass is 10.2. The molecule has 6 nitrogen and oxygen atoms in total. The van der Waals surface area contributed by atoms with Crippen LogP contribution in [0.5, 0.6) is 0 Å². The topological polar surface area (TPSA) is 65.7 Å². The van der Waals surface area contributed by atoms with Crippen LogP contribution in [0.1, 0.15) is 30.3 Å². The summed E-state index contributed by atoms with van der Waals surface area (Å²) in [6.07, 6.45) is 4.24. The Kier molecular flexibility index (Phi) is 6.59. The number of furan rings is 1. The predicted octanol–water partition coefficient (Wildman–Crippen LogP) is 3.91. The molecule has 1 aliphatic heterocycles. The largest absolute Gasteiger partial charge is 0.468 e. The highest BCUT2D eigenvalue weighted by Gasteiger charge is 2.25. The van der Waals surface area contributed by atoms with Crippen LogP contribution in [-0.4, -0.2) is 42.5 Å². The number of hydrogen-bond donors (Lipinski definition) is 2. The quantitative estimate of drug-likeness (QED) is 0.458. The maximum atomic E-state index is 5.70. The average molecular weight is 410 g/mol. The first kappa shape index (κ1) is 19.7. The van der Waals surface area contributed by atoms with Gasteiger partial charge in [-0.2, -0.15) is 0 Å². The van der Waals surface area contributed by atoms with Crippen molar-refractivity contribution in [1.82, 2.24) is 20.5 Å². The van der Waals surface area contributed by atoms with Crippen LogP contribution in [0.4, 0.5) is 0 Å². The van der Waals surface area contributed by atoms with Crippen molar-refractivity contribution >= 4 is 17.3 Å². The molecular formula is C22H27N5OS. The van der Waals surface area contributed by atoms with Crippen LogP contribution in [0, 0.1) is 0 Å². The van der Waals surface area contributed by atoms with Gasteiger partial charge >= 0.3 is 0 Å². The Morgan fingerprint density at radius 1 is 1.17 bits per heavy atom. The van der Waals surface area contributed by atoms with E-state index in [-0.39, 0.29) is 6.04 Å². The molecule has 0 radical (unpaired) electrons. The first-order chi connectivity index (χ1) is 14.3. The van der Waals surface area contributed by atoms with Gasteiger partial charge < -0.3 is 15.1 Å². The summed E-state index contributed by atoms with van der Waals surface area (Å²) in [5, 5.41) is 9.97. The van der Waals surface area contributed by atoms with Gasteiger partial charge in [0.25, 0.3) is 0 Å². The van der Waals surface area contributed by atoms with Crippen molar-refractivity contribution in [1.29, 1.82) is 0 Å². The van der Waals surface area contributed by atoms with Crippen molar-refractivity contribution < 1.29 is 4.42 Å². The number of nitrogens with zero attached hydrogens (tertiary/aromatic N) is 3. The third-order valence-corrected chi connectivity index (χ3v) is 6.09. The molecule has 0 bridgehead atoms. The van der Waals surface area contributed by atoms with Crippen molar-refractivity contribution in [3.63, 3.8) is 0 Å². The summed E-state index contributed by atoms with van der Waals surface area (Å²) >= 11 is 1.66. The smallest absolute Gasteiger partial charge is 0.191 e. The Hall–Kier alpha value is -2.64. The van der Waals surface area contributed by atoms with Gasteiger partial charge in [0.2, 0.25) is 0 Å². The predicted molar refractivity (Wildman–Crippen MR) is 118 cm³/mol. The van der Waals surface area contributed by atoms with Gasteiger partial charge in [-0.3, -0.25) is 9.89 Å². The Bertz CT molecular complexity index is 900. The van der Waals surface area contributed by atoms with Crippen LogP contribution >= 0.6 is 11.3 Å². The number of aromatic nitrogens is 1. The van der Waals surface area contributed by atoms with Gasteiger partial charge in [0, 0.05) is 24.5 Å². The molecule has 1 aliphatic rings. The molecule has 7 heteroatoms. The highest BCUT2D eigenvalue weighted by atomic mass is 32.1. The molecule has 0 saturated carbocycles. The number of guanidine groups is 1. The van der Waals surface area contributed by atoms with Gasteiger partial charge in [-0.15, -0.1) is 11.3 Å². The van der Waals surface area contributed by atoms with Gasteiger partial charge in [0.1, 0.15) is 10.8 Å². The molecule has 0 aliphatic carbocycles. The van der Waals surface area contributed by atoms with Gasteiger partial charge in [0.15, 0.2) is 5.96 Å². The van der Waals surface area contributed by atoms with Gasteiger partial charge in [-0.1, -0.05) is 30.3 Å². The first-order valence-corrected chi connectivity index (χ1v) is 10.9.